The zero-order valence-corrected chi connectivity index (χ0v) is 6.38. The quantitative estimate of drug-likeness (QED) is 0.618. The molecule has 1 aromatic rings. The van der Waals surface area contributed by atoms with Crippen LogP contribution >= 0.6 is 0 Å². The van der Waals surface area contributed by atoms with Gasteiger partial charge in [0.15, 0.2) is 0 Å². The highest BCUT2D eigenvalue weighted by Gasteiger charge is 1.98. The lowest BCUT2D eigenvalue weighted by Gasteiger charge is -2.00. The summed E-state index contributed by atoms with van der Waals surface area (Å²) in [6.45, 7) is 3.85. The van der Waals surface area contributed by atoms with Gasteiger partial charge in [-0.1, -0.05) is 7.43 Å². The Morgan fingerprint density at radius 1 is 1.27 bits per heavy atom. The first kappa shape index (κ1) is 9.88. The van der Waals surface area contributed by atoms with Crippen molar-refractivity contribution in [1.29, 1.82) is 0 Å². The molecule has 1 rings (SSSR count). The molecule has 0 aliphatic heterocycles. The van der Waals surface area contributed by atoms with Crippen LogP contribution in [0.1, 0.15) is 18.7 Å². The van der Waals surface area contributed by atoms with Crippen molar-refractivity contribution in [2.75, 3.05) is 7.11 Å². The Labute approximate surface area is 67.4 Å². The van der Waals surface area contributed by atoms with Crippen molar-refractivity contribution in [2.45, 2.75) is 21.3 Å². The Morgan fingerprint density at radius 3 is 2.36 bits per heavy atom. The second-order valence-corrected chi connectivity index (χ2v) is 2.18. The first-order valence-electron chi connectivity index (χ1n) is 3.09. The van der Waals surface area contributed by atoms with E-state index in [0.717, 1.165) is 11.3 Å². The van der Waals surface area contributed by atoms with Crippen molar-refractivity contribution in [3.05, 3.63) is 17.3 Å². The van der Waals surface area contributed by atoms with E-state index < -0.39 is 0 Å². The van der Waals surface area contributed by atoms with E-state index in [2.05, 4.69) is 10.2 Å². The lowest BCUT2D eigenvalue weighted by atomic mass is 10.3. The molecule has 0 spiro atoms. The van der Waals surface area contributed by atoms with E-state index in [1.165, 1.54) is 0 Å². The van der Waals surface area contributed by atoms with Crippen LogP contribution in [0.15, 0.2) is 6.07 Å². The smallest absolute Gasteiger partial charge is 0.236 e. The summed E-state index contributed by atoms with van der Waals surface area (Å²) in [6, 6.07) is 1.94. The Balaban J connectivity index is 0.000001000. The number of methoxy groups -OCH3 is 1. The van der Waals surface area contributed by atoms with Gasteiger partial charge in [-0.15, -0.1) is 5.10 Å². The highest BCUT2D eigenvalue weighted by atomic mass is 16.5. The zero-order valence-electron chi connectivity index (χ0n) is 6.38. The van der Waals surface area contributed by atoms with Gasteiger partial charge < -0.3 is 4.74 Å². The molecular formula is C8H14N2O. The van der Waals surface area contributed by atoms with Gasteiger partial charge in [0.05, 0.1) is 12.8 Å². The summed E-state index contributed by atoms with van der Waals surface area (Å²) in [7, 11) is 1.59. The number of ether oxygens (including phenoxy) is 1. The summed E-state index contributed by atoms with van der Waals surface area (Å²) in [5, 5.41) is 7.66. The molecule has 3 heteroatoms. The molecule has 0 unspecified atom stereocenters. The summed E-state index contributed by atoms with van der Waals surface area (Å²) >= 11 is 0. The number of rotatable bonds is 1. The fourth-order valence-electron chi connectivity index (χ4n) is 0.809. The Kier molecular flexibility index (Phi) is 3.51. The SMILES string of the molecule is C.COc1nnc(C)cc1C. The number of hydrogen-bond donors (Lipinski definition) is 0. The summed E-state index contributed by atoms with van der Waals surface area (Å²) in [4.78, 5) is 0. The van der Waals surface area contributed by atoms with Gasteiger partial charge in [0.2, 0.25) is 5.88 Å². The van der Waals surface area contributed by atoms with Crippen molar-refractivity contribution in [2.24, 2.45) is 0 Å². The van der Waals surface area contributed by atoms with Crippen molar-refractivity contribution < 1.29 is 4.74 Å². The standard InChI is InChI=1S/C7H10N2O.CH4/c1-5-4-6(2)8-9-7(5)10-3;/h4H,1-3H3;1H4. The van der Waals surface area contributed by atoms with E-state index in [1.807, 2.05) is 19.9 Å². The third kappa shape index (κ3) is 2.18. The van der Waals surface area contributed by atoms with Crippen molar-refractivity contribution in [3.63, 3.8) is 0 Å². The molecular weight excluding hydrogens is 140 g/mol. The molecule has 0 aliphatic carbocycles. The fraction of sp³-hybridized carbons (Fsp3) is 0.500. The third-order valence-corrected chi connectivity index (χ3v) is 1.25. The van der Waals surface area contributed by atoms with E-state index >= 15 is 0 Å². The molecule has 0 aromatic carbocycles. The Bertz CT molecular complexity index is 236. The topological polar surface area (TPSA) is 35.0 Å². The van der Waals surface area contributed by atoms with Crippen LogP contribution in [0.25, 0.3) is 0 Å². The molecule has 0 saturated carbocycles. The van der Waals surface area contributed by atoms with E-state index in [-0.39, 0.29) is 7.43 Å². The van der Waals surface area contributed by atoms with Crippen LogP contribution in [0.3, 0.4) is 0 Å². The first-order chi connectivity index (χ1) is 4.74. The van der Waals surface area contributed by atoms with E-state index in [9.17, 15) is 0 Å². The van der Waals surface area contributed by atoms with Crippen LogP contribution in [-0.2, 0) is 0 Å². The maximum atomic E-state index is 4.93. The average molecular weight is 154 g/mol. The first-order valence-corrected chi connectivity index (χ1v) is 3.09. The van der Waals surface area contributed by atoms with Gasteiger partial charge in [0.1, 0.15) is 0 Å². The minimum Gasteiger partial charge on any atom is -0.480 e. The van der Waals surface area contributed by atoms with E-state index in [1.54, 1.807) is 7.11 Å². The second-order valence-electron chi connectivity index (χ2n) is 2.18. The third-order valence-electron chi connectivity index (χ3n) is 1.25. The van der Waals surface area contributed by atoms with Crippen LogP contribution in [0.4, 0.5) is 0 Å². The highest BCUT2D eigenvalue weighted by molar-refractivity contribution is 5.23. The Morgan fingerprint density at radius 2 is 1.91 bits per heavy atom. The van der Waals surface area contributed by atoms with Gasteiger partial charge >= 0.3 is 0 Å². The zero-order chi connectivity index (χ0) is 7.56. The van der Waals surface area contributed by atoms with Gasteiger partial charge in [-0.25, -0.2) is 0 Å². The second kappa shape index (κ2) is 3.91. The molecule has 0 fully saturated rings. The molecule has 1 aromatic heterocycles. The molecule has 0 saturated heterocycles. The number of aromatic nitrogens is 2. The van der Waals surface area contributed by atoms with E-state index in [4.69, 9.17) is 4.74 Å². The minimum absolute atomic E-state index is 0. The fourth-order valence-corrected chi connectivity index (χ4v) is 0.809. The van der Waals surface area contributed by atoms with Crippen molar-refractivity contribution >= 4 is 0 Å². The van der Waals surface area contributed by atoms with Crippen molar-refractivity contribution in [3.8, 4) is 5.88 Å². The molecule has 0 radical (unpaired) electrons. The molecule has 0 N–H and O–H groups in total. The maximum Gasteiger partial charge on any atom is 0.236 e. The van der Waals surface area contributed by atoms with Crippen molar-refractivity contribution in [1.82, 2.24) is 10.2 Å². The molecule has 3 nitrogen and oxygen atoms in total. The lowest BCUT2D eigenvalue weighted by molar-refractivity contribution is 0.388. The van der Waals surface area contributed by atoms with Crippen LogP contribution in [0.2, 0.25) is 0 Å². The van der Waals surface area contributed by atoms with Crippen LogP contribution in [0, 0.1) is 13.8 Å². The maximum absolute atomic E-state index is 4.93. The number of aryl methyl sites for hydroxylation is 2. The molecule has 0 aliphatic rings. The summed E-state index contributed by atoms with van der Waals surface area (Å²) in [6.07, 6.45) is 0. The predicted molar refractivity (Wildman–Crippen MR) is 44.8 cm³/mol. The molecule has 0 bridgehead atoms. The molecule has 0 atom stereocenters. The van der Waals surface area contributed by atoms with Gasteiger partial charge in [-0.2, -0.15) is 5.10 Å². The lowest BCUT2D eigenvalue weighted by Crippen LogP contribution is -1.94. The van der Waals surface area contributed by atoms with Crippen LogP contribution in [-0.4, -0.2) is 17.3 Å². The van der Waals surface area contributed by atoms with Gasteiger partial charge in [0, 0.05) is 5.56 Å². The monoisotopic (exact) mass is 154 g/mol. The van der Waals surface area contributed by atoms with Crippen LogP contribution < -0.4 is 4.74 Å². The number of nitrogens with zero attached hydrogens (tertiary/aromatic N) is 2. The Hall–Kier alpha value is -1.12. The summed E-state index contributed by atoms with van der Waals surface area (Å²) in [5.41, 5.74) is 1.94. The van der Waals surface area contributed by atoms with Crippen LogP contribution in [0.5, 0.6) is 5.88 Å². The molecule has 62 valence electrons. The molecule has 1 heterocycles. The number of hydrogen-bond acceptors (Lipinski definition) is 3. The summed E-state index contributed by atoms with van der Waals surface area (Å²) < 4.78 is 4.93. The minimum atomic E-state index is 0. The largest absolute Gasteiger partial charge is 0.480 e. The summed E-state index contributed by atoms with van der Waals surface area (Å²) in [5.74, 6) is 0.602. The van der Waals surface area contributed by atoms with E-state index in [0.29, 0.717) is 5.88 Å². The van der Waals surface area contributed by atoms with Gasteiger partial charge in [0.25, 0.3) is 0 Å². The molecule has 11 heavy (non-hydrogen) atoms. The normalized spacial score (nSPS) is 8.64. The van der Waals surface area contributed by atoms with Gasteiger partial charge in [-0.3, -0.25) is 0 Å². The average Bonchev–Trinajstić information content (AvgIpc) is 1.88. The highest BCUT2D eigenvalue weighted by Crippen LogP contribution is 2.11. The molecule has 0 amide bonds. The van der Waals surface area contributed by atoms with Gasteiger partial charge in [-0.05, 0) is 19.9 Å². The predicted octanol–water partition coefficient (Wildman–Crippen LogP) is 1.74.